The van der Waals surface area contributed by atoms with E-state index >= 15 is 0 Å². The first-order valence-electron chi connectivity index (χ1n) is 5.17. The van der Waals surface area contributed by atoms with Gasteiger partial charge in [0.2, 0.25) is 0 Å². The molecule has 3 nitrogen and oxygen atoms in total. The minimum atomic E-state index is -0.253. The minimum Gasteiger partial charge on any atom is -0.461 e. The molecule has 1 saturated heterocycles. The molecular weight excluding hydrogens is 192 g/mol. The van der Waals surface area contributed by atoms with Crippen LogP contribution in [-0.4, -0.2) is 25.3 Å². The molecular formula is C12H18O3. The maximum Gasteiger partial charge on any atom is 0.302 e. The van der Waals surface area contributed by atoms with Crippen molar-refractivity contribution in [3.63, 3.8) is 0 Å². The van der Waals surface area contributed by atoms with E-state index in [-0.39, 0.29) is 12.1 Å². The maximum absolute atomic E-state index is 10.6. The van der Waals surface area contributed by atoms with Gasteiger partial charge in [0.15, 0.2) is 0 Å². The zero-order valence-electron chi connectivity index (χ0n) is 9.41. The number of hydrogen-bond donors (Lipinski definition) is 0. The molecule has 0 aromatic heterocycles. The fourth-order valence-corrected chi connectivity index (χ4v) is 1.49. The van der Waals surface area contributed by atoms with Crippen molar-refractivity contribution in [1.82, 2.24) is 0 Å². The Morgan fingerprint density at radius 2 is 2.40 bits per heavy atom. The SMILES string of the molecule is C=C1CCOC(C=C(C)COC(C)=O)C1. The molecule has 3 heteroatoms. The number of carbonyl (C=O) groups excluding carboxylic acids is 1. The summed E-state index contributed by atoms with van der Waals surface area (Å²) in [4.78, 5) is 10.6. The Balaban J connectivity index is 2.39. The van der Waals surface area contributed by atoms with Gasteiger partial charge < -0.3 is 9.47 Å². The van der Waals surface area contributed by atoms with Crippen LogP contribution in [-0.2, 0) is 14.3 Å². The third-order valence-electron chi connectivity index (χ3n) is 2.25. The summed E-state index contributed by atoms with van der Waals surface area (Å²) >= 11 is 0. The quantitative estimate of drug-likeness (QED) is 0.529. The number of rotatable bonds is 3. The van der Waals surface area contributed by atoms with Crippen LogP contribution in [0.4, 0.5) is 0 Å². The van der Waals surface area contributed by atoms with Crippen LogP contribution in [0, 0.1) is 0 Å². The molecule has 0 aromatic carbocycles. The first kappa shape index (κ1) is 12.0. The van der Waals surface area contributed by atoms with Gasteiger partial charge in [-0.15, -0.1) is 0 Å². The molecule has 0 saturated carbocycles. The van der Waals surface area contributed by atoms with Gasteiger partial charge in [0.1, 0.15) is 6.61 Å². The Morgan fingerprint density at radius 3 is 3.00 bits per heavy atom. The van der Waals surface area contributed by atoms with Crippen LogP contribution in [0.5, 0.6) is 0 Å². The number of esters is 1. The maximum atomic E-state index is 10.6. The highest BCUT2D eigenvalue weighted by molar-refractivity contribution is 5.66. The van der Waals surface area contributed by atoms with Crippen LogP contribution < -0.4 is 0 Å². The monoisotopic (exact) mass is 210 g/mol. The predicted octanol–water partition coefficient (Wildman–Crippen LogP) is 2.23. The topological polar surface area (TPSA) is 35.5 Å². The molecule has 15 heavy (non-hydrogen) atoms. The summed E-state index contributed by atoms with van der Waals surface area (Å²) in [7, 11) is 0. The van der Waals surface area contributed by atoms with E-state index in [0.29, 0.717) is 6.61 Å². The molecule has 84 valence electrons. The van der Waals surface area contributed by atoms with Gasteiger partial charge in [-0.25, -0.2) is 0 Å². The predicted molar refractivity (Wildman–Crippen MR) is 58.5 cm³/mol. The average Bonchev–Trinajstić information content (AvgIpc) is 2.15. The van der Waals surface area contributed by atoms with E-state index in [1.807, 2.05) is 13.0 Å². The summed E-state index contributed by atoms with van der Waals surface area (Å²) in [6.45, 7) is 8.38. The minimum absolute atomic E-state index is 0.0989. The molecule has 1 aliphatic rings. The normalized spacial score (nSPS) is 22.7. The van der Waals surface area contributed by atoms with E-state index in [9.17, 15) is 4.79 Å². The van der Waals surface area contributed by atoms with Gasteiger partial charge in [-0.05, 0) is 25.3 Å². The molecule has 1 aliphatic heterocycles. The molecule has 0 radical (unpaired) electrons. The molecule has 0 aliphatic carbocycles. The van der Waals surface area contributed by atoms with Crippen LogP contribution in [0.25, 0.3) is 0 Å². The summed E-state index contributed by atoms with van der Waals surface area (Å²) in [6.07, 6.45) is 3.93. The molecule has 1 rings (SSSR count). The summed E-state index contributed by atoms with van der Waals surface area (Å²) in [5.41, 5.74) is 2.24. The van der Waals surface area contributed by atoms with E-state index in [4.69, 9.17) is 9.47 Å². The van der Waals surface area contributed by atoms with Crippen molar-refractivity contribution in [3.05, 3.63) is 23.8 Å². The molecule has 1 unspecified atom stereocenters. The average molecular weight is 210 g/mol. The van der Waals surface area contributed by atoms with E-state index in [1.165, 1.54) is 12.5 Å². The highest BCUT2D eigenvalue weighted by atomic mass is 16.5. The third-order valence-corrected chi connectivity index (χ3v) is 2.25. The number of ether oxygens (including phenoxy) is 2. The van der Waals surface area contributed by atoms with Crippen molar-refractivity contribution >= 4 is 5.97 Å². The lowest BCUT2D eigenvalue weighted by molar-refractivity contribution is -0.140. The lowest BCUT2D eigenvalue weighted by Crippen LogP contribution is -2.19. The summed E-state index contributed by atoms with van der Waals surface area (Å²) in [6, 6.07) is 0. The molecule has 1 fully saturated rings. The summed E-state index contributed by atoms with van der Waals surface area (Å²) < 4.78 is 10.4. The Bertz CT molecular complexity index is 279. The van der Waals surface area contributed by atoms with Crippen molar-refractivity contribution in [3.8, 4) is 0 Å². The highest BCUT2D eigenvalue weighted by Crippen LogP contribution is 2.19. The summed E-state index contributed by atoms with van der Waals surface area (Å²) in [5.74, 6) is -0.253. The zero-order valence-corrected chi connectivity index (χ0v) is 9.41. The Morgan fingerprint density at radius 1 is 1.67 bits per heavy atom. The molecule has 0 amide bonds. The van der Waals surface area contributed by atoms with Crippen molar-refractivity contribution in [2.24, 2.45) is 0 Å². The molecule has 0 spiro atoms. The Hall–Kier alpha value is -1.09. The lowest BCUT2D eigenvalue weighted by atomic mass is 10.0. The van der Waals surface area contributed by atoms with Crippen LogP contribution in [0.15, 0.2) is 23.8 Å². The summed E-state index contributed by atoms with van der Waals surface area (Å²) in [5, 5.41) is 0. The van der Waals surface area contributed by atoms with Crippen molar-refractivity contribution in [2.45, 2.75) is 32.8 Å². The molecule has 0 N–H and O–H groups in total. The standard InChI is InChI=1S/C12H18O3/c1-9-4-5-14-12(6-9)7-10(2)8-15-11(3)13/h7,12H,1,4-6,8H2,2-3H3. The fraction of sp³-hybridized carbons (Fsp3) is 0.583. The van der Waals surface area contributed by atoms with Gasteiger partial charge in [-0.2, -0.15) is 0 Å². The second-order valence-corrected chi connectivity index (χ2v) is 3.91. The van der Waals surface area contributed by atoms with Crippen molar-refractivity contribution in [1.29, 1.82) is 0 Å². The first-order chi connectivity index (χ1) is 7.08. The third kappa shape index (κ3) is 4.79. The Labute approximate surface area is 90.8 Å². The van der Waals surface area contributed by atoms with Gasteiger partial charge in [0, 0.05) is 6.92 Å². The second-order valence-electron chi connectivity index (χ2n) is 3.91. The second kappa shape index (κ2) is 5.71. The van der Waals surface area contributed by atoms with E-state index in [2.05, 4.69) is 6.58 Å². The van der Waals surface area contributed by atoms with Crippen LogP contribution in [0.3, 0.4) is 0 Å². The first-order valence-corrected chi connectivity index (χ1v) is 5.17. The van der Waals surface area contributed by atoms with Gasteiger partial charge in [-0.1, -0.05) is 18.2 Å². The van der Waals surface area contributed by atoms with E-state index in [1.54, 1.807) is 0 Å². The number of hydrogen-bond acceptors (Lipinski definition) is 3. The number of carbonyl (C=O) groups is 1. The molecule has 1 heterocycles. The van der Waals surface area contributed by atoms with Crippen LogP contribution in [0.1, 0.15) is 26.7 Å². The van der Waals surface area contributed by atoms with Gasteiger partial charge in [0.05, 0.1) is 12.7 Å². The lowest BCUT2D eigenvalue weighted by Gasteiger charge is -2.22. The highest BCUT2D eigenvalue weighted by Gasteiger charge is 2.14. The zero-order chi connectivity index (χ0) is 11.3. The smallest absolute Gasteiger partial charge is 0.302 e. The molecule has 1 atom stereocenters. The Kier molecular flexibility index (Phi) is 4.56. The van der Waals surface area contributed by atoms with Crippen LogP contribution >= 0.6 is 0 Å². The van der Waals surface area contributed by atoms with E-state index in [0.717, 1.165) is 25.0 Å². The molecule has 0 bridgehead atoms. The van der Waals surface area contributed by atoms with Gasteiger partial charge in [0.25, 0.3) is 0 Å². The molecule has 0 aromatic rings. The largest absolute Gasteiger partial charge is 0.461 e. The van der Waals surface area contributed by atoms with Crippen molar-refractivity contribution in [2.75, 3.05) is 13.2 Å². The van der Waals surface area contributed by atoms with E-state index < -0.39 is 0 Å². The van der Waals surface area contributed by atoms with Gasteiger partial charge >= 0.3 is 5.97 Å². The van der Waals surface area contributed by atoms with Crippen molar-refractivity contribution < 1.29 is 14.3 Å². The van der Waals surface area contributed by atoms with Crippen LogP contribution in [0.2, 0.25) is 0 Å². The fourth-order valence-electron chi connectivity index (χ4n) is 1.49. The van der Waals surface area contributed by atoms with Gasteiger partial charge in [-0.3, -0.25) is 4.79 Å².